The predicted octanol–water partition coefficient (Wildman–Crippen LogP) is 1.72. The fraction of sp³-hybridized carbons (Fsp3) is 0.250. The first-order valence-electron chi connectivity index (χ1n) is 5.23. The Morgan fingerprint density at radius 2 is 2.12 bits per heavy atom. The molecule has 0 amide bonds. The van der Waals surface area contributed by atoms with Gasteiger partial charge in [-0.25, -0.2) is 9.37 Å². The van der Waals surface area contributed by atoms with Crippen LogP contribution in [-0.2, 0) is 19.5 Å². The van der Waals surface area contributed by atoms with Crippen molar-refractivity contribution in [3.63, 3.8) is 0 Å². The number of nitrogens with zero attached hydrogens (tertiary/aromatic N) is 2. The average molecular weight is 219 g/mol. The number of benzene rings is 1. The Kier molecular flexibility index (Phi) is 3.31. The summed E-state index contributed by atoms with van der Waals surface area (Å²) in [6, 6.07) is 6.82. The number of imidazole rings is 1. The maximum absolute atomic E-state index is 13.3. The van der Waals surface area contributed by atoms with Gasteiger partial charge in [0.25, 0.3) is 0 Å². The molecule has 0 aliphatic rings. The van der Waals surface area contributed by atoms with Crippen molar-refractivity contribution in [3.05, 3.63) is 53.9 Å². The van der Waals surface area contributed by atoms with E-state index in [0.717, 1.165) is 11.3 Å². The first-order valence-corrected chi connectivity index (χ1v) is 5.23. The number of rotatable bonds is 4. The van der Waals surface area contributed by atoms with Crippen LogP contribution in [0.4, 0.5) is 4.39 Å². The van der Waals surface area contributed by atoms with Crippen LogP contribution < -0.4 is 5.73 Å². The van der Waals surface area contributed by atoms with Gasteiger partial charge in [0.05, 0.1) is 12.0 Å². The summed E-state index contributed by atoms with van der Waals surface area (Å²) < 4.78 is 15.2. The summed E-state index contributed by atoms with van der Waals surface area (Å²) >= 11 is 0. The zero-order valence-electron chi connectivity index (χ0n) is 8.94. The lowest BCUT2D eigenvalue weighted by atomic mass is 10.1. The molecule has 0 spiro atoms. The van der Waals surface area contributed by atoms with E-state index in [2.05, 4.69) is 4.98 Å². The smallest absolute Gasteiger partial charge is 0.126 e. The zero-order valence-corrected chi connectivity index (χ0v) is 8.94. The number of hydrogen-bond donors (Lipinski definition) is 1. The topological polar surface area (TPSA) is 43.8 Å². The van der Waals surface area contributed by atoms with Gasteiger partial charge in [0.2, 0.25) is 0 Å². The van der Waals surface area contributed by atoms with E-state index in [1.807, 2.05) is 16.8 Å². The predicted molar refractivity (Wildman–Crippen MR) is 60.2 cm³/mol. The third kappa shape index (κ3) is 2.46. The number of halogens is 1. The Morgan fingerprint density at radius 1 is 1.31 bits per heavy atom. The fourth-order valence-electron chi connectivity index (χ4n) is 1.58. The minimum absolute atomic E-state index is 0.151. The molecule has 2 N–H and O–H groups in total. The van der Waals surface area contributed by atoms with E-state index in [-0.39, 0.29) is 5.82 Å². The molecule has 1 aromatic heterocycles. The molecule has 4 heteroatoms. The Bertz CT molecular complexity index is 465. The SMILES string of the molecule is NCc1cn(CCc2ccccc2F)cn1. The lowest BCUT2D eigenvalue weighted by molar-refractivity contribution is 0.593. The van der Waals surface area contributed by atoms with E-state index in [0.29, 0.717) is 19.5 Å². The summed E-state index contributed by atoms with van der Waals surface area (Å²) in [7, 11) is 0. The van der Waals surface area contributed by atoms with Crippen molar-refractivity contribution < 1.29 is 4.39 Å². The zero-order chi connectivity index (χ0) is 11.4. The van der Waals surface area contributed by atoms with Gasteiger partial charge in [0.15, 0.2) is 0 Å². The van der Waals surface area contributed by atoms with Gasteiger partial charge in [-0.1, -0.05) is 18.2 Å². The van der Waals surface area contributed by atoms with Gasteiger partial charge in [-0.15, -0.1) is 0 Å². The van der Waals surface area contributed by atoms with Crippen molar-refractivity contribution in [2.75, 3.05) is 0 Å². The van der Waals surface area contributed by atoms with E-state index in [1.165, 1.54) is 6.07 Å². The lowest BCUT2D eigenvalue weighted by Crippen LogP contribution is -2.01. The largest absolute Gasteiger partial charge is 0.337 e. The molecule has 0 atom stereocenters. The molecule has 2 rings (SSSR count). The van der Waals surface area contributed by atoms with E-state index >= 15 is 0 Å². The Balaban J connectivity index is 1.99. The van der Waals surface area contributed by atoms with Crippen LogP contribution in [0, 0.1) is 5.82 Å². The quantitative estimate of drug-likeness (QED) is 0.851. The molecular weight excluding hydrogens is 205 g/mol. The van der Waals surface area contributed by atoms with Gasteiger partial charge in [-0.3, -0.25) is 0 Å². The van der Waals surface area contributed by atoms with Gasteiger partial charge in [0.1, 0.15) is 5.82 Å². The molecule has 0 radical (unpaired) electrons. The molecule has 0 aliphatic carbocycles. The maximum atomic E-state index is 13.3. The van der Waals surface area contributed by atoms with Crippen LogP contribution in [0.2, 0.25) is 0 Å². The van der Waals surface area contributed by atoms with Crippen molar-refractivity contribution in [1.29, 1.82) is 0 Å². The molecule has 1 heterocycles. The maximum Gasteiger partial charge on any atom is 0.126 e. The number of nitrogens with two attached hydrogens (primary N) is 1. The van der Waals surface area contributed by atoms with Crippen LogP contribution >= 0.6 is 0 Å². The average Bonchev–Trinajstić information content (AvgIpc) is 2.76. The summed E-state index contributed by atoms with van der Waals surface area (Å²) in [6.07, 6.45) is 4.27. The van der Waals surface area contributed by atoms with Crippen molar-refractivity contribution in [2.24, 2.45) is 5.73 Å². The molecule has 3 nitrogen and oxygen atoms in total. The van der Waals surface area contributed by atoms with Crippen LogP contribution in [0.1, 0.15) is 11.3 Å². The molecule has 0 bridgehead atoms. The van der Waals surface area contributed by atoms with Gasteiger partial charge < -0.3 is 10.3 Å². The standard InChI is InChI=1S/C12H14FN3/c13-12-4-2-1-3-10(12)5-6-16-8-11(7-14)15-9-16/h1-4,8-9H,5-7,14H2. The second-order valence-corrected chi connectivity index (χ2v) is 3.65. The minimum atomic E-state index is -0.151. The molecule has 0 saturated carbocycles. The summed E-state index contributed by atoms with van der Waals surface area (Å²) in [4.78, 5) is 4.11. The Hall–Kier alpha value is -1.68. The summed E-state index contributed by atoms with van der Waals surface area (Å²) in [5.74, 6) is -0.151. The number of hydrogen-bond acceptors (Lipinski definition) is 2. The Labute approximate surface area is 93.7 Å². The van der Waals surface area contributed by atoms with Crippen LogP contribution in [0.15, 0.2) is 36.8 Å². The highest BCUT2D eigenvalue weighted by molar-refractivity contribution is 5.17. The second kappa shape index (κ2) is 4.90. The van der Waals surface area contributed by atoms with Crippen LogP contribution in [0.25, 0.3) is 0 Å². The molecule has 0 fully saturated rings. The van der Waals surface area contributed by atoms with Crippen molar-refractivity contribution in [2.45, 2.75) is 19.5 Å². The summed E-state index contributed by atoms with van der Waals surface area (Å²) in [5.41, 5.74) is 7.04. The highest BCUT2D eigenvalue weighted by atomic mass is 19.1. The molecule has 0 saturated heterocycles. The van der Waals surface area contributed by atoms with Crippen molar-refractivity contribution in [1.82, 2.24) is 9.55 Å². The number of aryl methyl sites for hydroxylation is 2. The molecular formula is C12H14FN3. The minimum Gasteiger partial charge on any atom is -0.337 e. The summed E-state index contributed by atoms with van der Waals surface area (Å²) in [5, 5.41) is 0. The first-order chi connectivity index (χ1) is 7.79. The van der Waals surface area contributed by atoms with Gasteiger partial charge in [-0.05, 0) is 18.1 Å². The van der Waals surface area contributed by atoms with E-state index in [1.54, 1.807) is 18.5 Å². The van der Waals surface area contributed by atoms with Crippen LogP contribution in [-0.4, -0.2) is 9.55 Å². The molecule has 16 heavy (non-hydrogen) atoms. The molecule has 84 valence electrons. The fourth-order valence-corrected chi connectivity index (χ4v) is 1.58. The van der Waals surface area contributed by atoms with Crippen LogP contribution in [0.3, 0.4) is 0 Å². The molecule has 2 aromatic rings. The van der Waals surface area contributed by atoms with Gasteiger partial charge >= 0.3 is 0 Å². The molecule has 1 aromatic carbocycles. The second-order valence-electron chi connectivity index (χ2n) is 3.65. The monoisotopic (exact) mass is 219 g/mol. The van der Waals surface area contributed by atoms with E-state index in [9.17, 15) is 4.39 Å². The number of aromatic nitrogens is 2. The van der Waals surface area contributed by atoms with Crippen molar-refractivity contribution >= 4 is 0 Å². The first kappa shape index (κ1) is 10.8. The molecule has 0 unspecified atom stereocenters. The van der Waals surface area contributed by atoms with E-state index < -0.39 is 0 Å². The lowest BCUT2D eigenvalue weighted by Gasteiger charge is -2.03. The van der Waals surface area contributed by atoms with Crippen LogP contribution in [0.5, 0.6) is 0 Å². The summed E-state index contributed by atoms with van der Waals surface area (Å²) in [6.45, 7) is 1.15. The Morgan fingerprint density at radius 3 is 2.81 bits per heavy atom. The van der Waals surface area contributed by atoms with Crippen molar-refractivity contribution in [3.8, 4) is 0 Å². The third-order valence-electron chi connectivity index (χ3n) is 2.49. The van der Waals surface area contributed by atoms with Gasteiger partial charge in [0, 0.05) is 19.3 Å². The highest BCUT2D eigenvalue weighted by Crippen LogP contribution is 2.08. The highest BCUT2D eigenvalue weighted by Gasteiger charge is 2.01. The normalized spacial score (nSPS) is 10.6. The van der Waals surface area contributed by atoms with Gasteiger partial charge in [-0.2, -0.15) is 0 Å². The van der Waals surface area contributed by atoms with E-state index in [4.69, 9.17) is 5.73 Å². The molecule has 0 aliphatic heterocycles. The third-order valence-corrected chi connectivity index (χ3v) is 2.49.